The first-order chi connectivity index (χ1) is 14.5. The highest BCUT2D eigenvalue weighted by molar-refractivity contribution is 6.30. The second kappa shape index (κ2) is 6.57. The van der Waals surface area contributed by atoms with Gasteiger partial charge in [-0.25, -0.2) is 9.98 Å². The summed E-state index contributed by atoms with van der Waals surface area (Å²) < 4.78 is 12.5. The Labute approximate surface area is 187 Å². The number of ether oxygens (including phenoxy) is 2. The van der Waals surface area contributed by atoms with Crippen LogP contribution < -0.4 is 20.2 Å². The van der Waals surface area contributed by atoms with E-state index in [1.165, 1.54) is 5.56 Å². The minimum Gasteiger partial charge on any atom is -0.453 e. The highest BCUT2D eigenvalue weighted by Crippen LogP contribution is 2.45. The molecule has 0 atom stereocenters. The Hall–Kier alpha value is -2.85. The fourth-order valence-corrected chi connectivity index (χ4v) is 3.98. The number of nitrogens with zero attached hydrogens (tertiary/aromatic N) is 2. The van der Waals surface area contributed by atoms with Gasteiger partial charge in [-0.1, -0.05) is 59.2 Å². The minimum atomic E-state index is -0.0851. The van der Waals surface area contributed by atoms with Crippen LogP contribution in [0.4, 0.5) is 11.4 Å². The third-order valence-electron chi connectivity index (χ3n) is 5.62. The van der Waals surface area contributed by atoms with Gasteiger partial charge in [0.15, 0.2) is 23.0 Å². The van der Waals surface area contributed by atoms with Gasteiger partial charge in [0.2, 0.25) is 0 Å². The molecule has 0 aromatic heterocycles. The van der Waals surface area contributed by atoms with Crippen molar-refractivity contribution in [2.45, 2.75) is 52.4 Å². The Balaban J connectivity index is 1.72. The predicted octanol–water partition coefficient (Wildman–Crippen LogP) is 7.05. The number of hydrogen-bond acceptors (Lipinski definition) is 4. The summed E-state index contributed by atoms with van der Waals surface area (Å²) in [6.07, 6.45) is 0. The predicted molar refractivity (Wildman–Crippen MR) is 124 cm³/mol. The molecule has 2 heterocycles. The Morgan fingerprint density at radius 1 is 0.677 bits per heavy atom. The standard InChI is InChI=1S/C26H25ClN2O2/c1-25(2,3)14-9-16(26(4,5)6)24-20(10-14)29-19-12-22-18(13-23(19)31-24)28-17-8-7-15(27)11-21(17)30-22/h7-13H,1-6H3. The van der Waals surface area contributed by atoms with Crippen LogP contribution in [0, 0.1) is 0 Å². The Morgan fingerprint density at radius 2 is 1.32 bits per heavy atom. The molecule has 5 rings (SSSR count). The van der Waals surface area contributed by atoms with Crippen molar-refractivity contribution in [2.75, 3.05) is 0 Å². The van der Waals surface area contributed by atoms with Crippen molar-refractivity contribution in [1.29, 1.82) is 0 Å². The summed E-state index contributed by atoms with van der Waals surface area (Å²) in [5, 5.41) is 2.07. The van der Waals surface area contributed by atoms with Crippen LogP contribution in [0.1, 0.15) is 52.7 Å². The first-order valence-electron chi connectivity index (χ1n) is 10.4. The molecule has 0 unspecified atom stereocenters. The van der Waals surface area contributed by atoms with Crippen molar-refractivity contribution < 1.29 is 9.47 Å². The molecular weight excluding hydrogens is 408 g/mol. The van der Waals surface area contributed by atoms with Crippen molar-refractivity contribution in [3.05, 3.63) is 69.3 Å². The zero-order valence-electron chi connectivity index (χ0n) is 18.6. The first-order valence-corrected chi connectivity index (χ1v) is 10.8. The molecule has 5 heteroatoms. The monoisotopic (exact) mass is 432 g/mol. The zero-order chi connectivity index (χ0) is 22.1. The maximum absolute atomic E-state index is 6.45. The van der Waals surface area contributed by atoms with Gasteiger partial charge in [-0.15, -0.1) is 0 Å². The molecule has 2 aliphatic heterocycles. The van der Waals surface area contributed by atoms with E-state index in [0.717, 1.165) is 33.4 Å². The second-order valence-electron chi connectivity index (χ2n) is 10.2. The number of fused-ring (bicyclic) bond motifs is 4. The molecule has 0 aliphatic carbocycles. The molecule has 0 bridgehead atoms. The van der Waals surface area contributed by atoms with Crippen molar-refractivity contribution in [1.82, 2.24) is 0 Å². The van der Waals surface area contributed by atoms with Crippen LogP contribution in [0.15, 0.2) is 52.4 Å². The lowest BCUT2D eigenvalue weighted by atomic mass is 9.79. The molecule has 0 saturated heterocycles. The largest absolute Gasteiger partial charge is 0.453 e. The van der Waals surface area contributed by atoms with Gasteiger partial charge in [0, 0.05) is 28.8 Å². The fourth-order valence-electron chi connectivity index (χ4n) is 3.82. The zero-order valence-corrected chi connectivity index (χ0v) is 19.4. The van der Waals surface area contributed by atoms with Crippen LogP contribution >= 0.6 is 11.6 Å². The van der Waals surface area contributed by atoms with Crippen molar-refractivity contribution in [3.63, 3.8) is 0 Å². The van der Waals surface area contributed by atoms with Crippen molar-refractivity contribution in [3.8, 4) is 23.0 Å². The summed E-state index contributed by atoms with van der Waals surface area (Å²) in [6, 6.07) is 13.6. The SMILES string of the molecule is CC(C)(C)c1cc2c(c(C(C)(C)C)c1)Oc1cc3c(cc1=N2)Oc1cc(Cl)ccc1N=3. The first kappa shape index (κ1) is 20.1. The van der Waals surface area contributed by atoms with Crippen LogP contribution in [0.5, 0.6) is 23.0 Å². The van der Waals surface area contributed by atoms with Gasteiger partial charge in [0.25, 0.3) is 0 Å². The van der Waals surface area contributed by atoms with Gasteiger partial charge in [-0.3, -0.25) is 0 Å². The van der Waals surface area contributed by atoms with E-state index in [-0.39, 0.29) is 10.8 Å². The van der Waals surface area contributed by atoms with Crippen LogP contribution in [-0.2, 0) is 10.8 Å². The van der Waals surface area contributed by atoms with Crippen LogP contribution in [0.25, 0.3) is 0 Å². The molecule has 158 valence electrons. The van der Waals surface area contributed by atoms with E-state index in [1.54, 1.807) is 12.1 Å². The summed E-state index contributed by atoms with van der Waals surface area (Å²) in [5.41, 5.74) is 3.90. The average Bonchev–Trinajstić information content (AvgIpc) is 2.67. The summed E-state index contributed by atoms with van der Waals surface area (Å²) in [5.74, 6) is 2.79. The molecule has 0 spiro atoms. The van der Waals surface area contributed by atoms with E-state index in [9.17, 15) is 0 Å². The summed E-state index contributed by atoms with van der Waals surface area (Å²) in [4.78, 5) is 9.69. The van der Waals surface area contributed by atoms with Gasteiger partial charge in [0.1, 0.15) is 22.1 Å². The summed E-state index contributed by atoms with van der Waals surface area (Å²) >= 11 is 6.12. The molecule has 0 radical (unpaired) electrons. The summed E-state index contributed by atoms with van der Waals surface area (Å²) in [7, 11) is 0. The maximum Gasteiger partial charge on any atom is 0.156 e. The Morgan fingerprint density at radius 3 is 1.97 bits per heavy atom. The lowest BCUT2D eigenvalue weighted by Gasteiger charge is -2.29. The molecule has 0 fully saturated rings. The fraction of sp³-hybridized carbons (Fsp3) is 0.308. The molecule has 4 nitrogen and oxygen atoms in total. The lowest BCUT2D eigenvalue weighted by Crippen LogP contribution is -2.22. The minimum absolute atomic E-state index is 0.00560. The highest BCUT2D eigenvalue weighted by Gasteiger charge is 2.28. The van der Waals surface area contributed by atoms with E-state index < -0.39 is 0 Å². The Bertz CT molecular complexity index is 1360. The molecule has 31 heavy (non-hydrogen) atoms. The van der Waals surface area contributed by atoms with Gasteiger partial charge in [0.05, 0.1) is 0 Å². The maximum atomic E-state index is 6.45. The third-order valence-corrected chi connectivity index (χ3v) is 5.85. The second-order valence-corrected chi connectivity index (χ2v) is 10.6. The van der Waals surface area contributed by atoms with Gasteiger partial charge in [-0.05, 0) is 34.6 Å². The highest BCUT2D eigenvalue weighted by atomic mass is 35.5. The van der Waals surface area contributed by atoms with E-state index in [2.05, 4.69) is 53.7 Å². The number of benzene rings is 3. The van der Waals surface area contributed by atoms with Crippen LogP contribution in [-0.4, -0.2) is 0 Å². The van der Waals surface area contributed by atoms with Gasteiger partial charge < -0.3 is 9.47 Å². The van der Waals surface area contributed by atoms with Crippen molar-refractivity contribution >= 4 is 23.0 Å². The molecule has 2 aliphatic rings. The van der Waals surface area contributed by atoms with Gasteiger partial charge in [-0.2, -0.15) is 0 Å². The topological polar surface area (TPSA) is 43.2 Å². The summed E-state index contributed by atoms with van der Waals surface area (Å²) in [6.45, 7) is 13.2. The number of rotatable bonds is 0. The van der Waals surface area contributed by atoms with Crippen molar-refractivity contribution in [2.24, 2.45) is 9.98 Å². The van der Waals surface area contributed by atoms with Gasteiger partial charge >= 0.3 is 0 Å². The average molecular weight is 433 g/mol. The smallest absolute Gasteiger partial charge is 0.156 e. The van der Waals surface area contributed by atoms with Crippen LogP contribution in [0.3, 0.4) is 0 Å². The normalized spacial score (nSPS) is 14.0. The van der Waals surface area contributed by atoms with E-state index >= 15 is 0 Å². The number of halogens is 1. The van der Waals surface area contributed by atoms with E-state index in [0.29, 0.717) is 22.3 Å². The molecule has 0 saturated carbocycles. The molecule has 3 aromatic rings. The molecule has 0 N–H and O–H groups in total. The molecule has 0 amide bonds. The quantitative estimate of drug-likeness (QED) is 0.263. The molecule has 3 aromatic carbocycles. The third kappa shape index (κ3) is 3.49. The number of hydrogen-bond donors (Lipinski definition) is 0. The Kier molecular flexibility index (Phi) is 4.26. The lowest BCUT2D eigenvalue weighted by molar-refractivity contribution is 0.435. The molecular formula is C26H25ClN2O2. The van der Waals surface area contributed by atoms with E-state index in [1.807, 2.05) is 18.2 Å². The van der Waals surface area contributed by atoms with E-state index in [4.69, 9.17) is 31.1 Å². The van der Waals surface area contributed by atoms with Crippen LogP contribution in [0.2, 0.25) is 5.02 Å².